The molecule has 6 heteroatoms. The fourth-order valence-electron chi connectivity index (χ4n) is 1.16. The van der Waals surface area contributed by atoms with Gasteiger partial charge < -0.3 is 20.7 Å². The van der Waals surface area contributed by atoms with Crippen LogP contribution in [0.1, 0.15) is 20.8 Å². The Bertz CT molecular complexity index is 238. The lowest BCUT2D eigenvalue weighted by Crippen LogP contribution is -2.49. The molecule has 0 aliphatic heterocycles. The molecule has 0 saturated heterocycles. The van der Waals surface area contributed by atoms with Crippen molar-refractivity contribution in [1.29, 1.82) is 0 Å². The van der Waals surface area contributed by atoms with Crippen LogP contribution >= 0.6 is 0 Å². The highest BCUT2D eigenvalue weighted by atomic mass is 16.4. The van der Waals surface area contributed by atoms with Gasteiger partial charge in [-0.3, -0.25) is 0 Å². The van der Waals surface area contributed by atoms with Gasteiger partial charge in [-0.25, -0.2) is 4.79 Å². The number of urea groups is 1. The number of oxime groups is 1. The van der Waals surface area contributed by atoms with E-state index in [2.05, 4.69) is 5.16 Å². The molecule has 0 aliphatic rings. The summed E-state index contributed by atoms with van der Waals surface area (Å²) in [4.78, 5) is 14.9. The molecule has 1 unspecified atom stereocenters. The van der Waals surface area contributed by atoms with Gasteiger partial charge in [-0.1, -0.05) is 5.16 Å². The molecule has 0 aromatic heterocycles. The number of amidine groups is 1. The standard InChI is InChI=1S/C9H20N4O2/c1-5-13(6-2)9(14)12(4)7(3)8(10)11-15/h7,15H,5-6H2,1-4H3,(H2,10,11). The van der Waals surface area contributed by atoms with Crippen LogP contribution in [0.25, 0.3) is 0 Å². The van der Waals surface area contributed by atoms with E-state index in [1.54, 1.807) is 18.9 Å². The van der Waals surface area contributed by atoms with Crippen molar-refractivity contribution in [1.82, 2.24) is 9.80 Å². The van der Waals surface area contributed by atoms with E-state index in [0.29, 0.717) is 13.1 Å². The van der Waals surface area contributed by atoms with Crippen molar-refractivity contribution in [2.45, 2.75) is 26.8 Å². The van der Waals surface area contributed by atoms with Crippen molar-refractivity contribution in [3.05, 3.63) is 0 Å². The fourth-order valence-corrected chi connectivity index (χ4v) is 1.16. The van der Waals surface area contributed by atoms with Crippen molar-refractivity contribution < 1.29 is 10.0 Å². The first-order valence-electron chi connectivity index (χ1n) is 4.98. The van der Waals surface area contributed by atoms with Gasteiger partial charge >= 0.3 is 6.03 Å². The molecule has 0 heterocycles. The summed E-state index contributed by atoms with van der Waals surface area (Å²) in [7, 11) is 1.63. The Morgan fingerprint density at radius 2 is 1.93 bits per heavy atom. The van der Waals surface area contributed by atoms with E-state index in [1.165, 1.54) is 4.90 Å². The lowest BCUT2D eigenvalue weighted by Gasteiger charge is -2.29. The zero-order chi connectivity index (χ0) is 12.0. The van der Waals surface area contributed by atoms with Crippen LogP contribution in [0.2, 0.25) is 0 Å². The number of nitrogens with zero attached hydrogens (tertiary/aromatic N) is 3. The number of carbonyl (C=O) groups is 1. The first-order valence-corrected chi connectivity index (χ1v) is 4.98. The van der Waals surface area contributed by atoms with Crippen molar-refractivity contribution in [3.8, 4) is 0 Å². The van der Waals surface area contributed by atoms with Crippen LogP contribution in [0.15, 0.2) is 5.16 Å². The molecule has 0 bridgehead atoms. The smallest absolute Gasteiger partial charge is 0.320 e. The summed E-state index contributed by atoms with van der Waals surface area (Å²) in [6, 6.07) is -0.540. The molecule has 0 radical (unpaired) electrons. The van der Waals surface area contributed by atoms with E-state index in [0.717, 1.165) is 0 Å². The molecule has 0 aliphatic carbocycles. The minimum absolute atomic E-state index is 0.0259. The first kappa shape index (κ1) is 13.5. The van der Waals surface area contributed by atoms with Crippen molar-refractivity contribution in [3.63, 3.8) is 0 Å². The van der Waals surface area contributed by atoms with E-state index < -0.39 is 6.04 Å². The number of hydrogen-bond acceptors (Lipinski definition) is 3. The molecule has 0 saturated carbocycles. The third-order valence-corrected chi connectivity index (χ3v) is 2.46. The Morgan fingerprint density at radius 3 is 2.27 bits per heavy atom. The van der Waals surface area contributed by atoms with Crippen LogP contribution in [0.3, 0.4) is 0 Å². The van der Waals surface area contributed by atoms with Gasteiger partial charge in [0.1, 0.15) is 0 Å². The third-order valence-electron chi connectivity index (χ3n) is 2.46. The fraction of sp³-hybridized carbons (Fsp3) is 0.778. The topological polar surface area (TPSA) is 82.2 Å². The van der Waals surface area contributed by atoms with E-state index in [1.807, 2.05) is 13.8 Å². The number of nitrogens with two attached hydrogens (primary N) is 1. The normalized spacial score (nSPS) is 13.5. The van der Waals surface area contributed by atoms with Crippen molar-refractivity contribution in [2.75, 3.05) is 20.1 Å². The van der Waals surface area contributed by atoms with Crippen molar-refractivity contribution >= 4 is 11.9 Å². The van der Waals surface area contributed by atoms with E-state index in [9.17, 15) is 4.79 Å². The predicted molar refractivity (Wildman–Crippen MR) is 59.0 cm³/mol. The molecule has 0 aromatic carbocycles. The van der Waals surface area contributed by atoms with Gasteiger partial charge in [-0.15, -0.1) is 0 Å². The zero-order valence-electron chi connectivity index (χ0n) is 9.77. The molecule has 1 atom stereocenters. The summed E-state index contributed by atoms with van der Waals surface area (Å²) in [6.45, 7) is 6.80. The summed E-state index contributed by atoms with van der Waals surface area (Å²) in [5.74, 6) is 0.0259. The van der Waals surface area contributed by atoms with Gasteiger partial charge in [-0.2, -0.15) is 0 Å². The molecule has 6 nitrogen and oxygen atoms in total. The average Bonchev–Trinajstić information content (AvgIpc) is 2.27. The molecule has 2 amide bonds. The molecule has 0 fully saturated rings. The highest BCUT2D eigenvalue weighted by Crippen LogP contribution is 2.02. The second kappa shape index (κ2) is 6.10. The zero-order valence-corrected chi connectivity index (χ0v) is 9.77. The molecule has 15 heavy (non-hydrogen) atoms. The van der Waals surface area contributed by atoms with Crippen LogP contribution in [0.4, 0.5) is 4.79 Å². The maximum Gasteiger partial charge on any atom is 0.320 e. The van der Waals surface area contributed by atoms with E-state index in [-0.39, 0.29) is 11.9 Å². The molecular weight excluding hydrogens is 196 g/mol. The SMILES string of the molecule is CCN(CC)C(=O)N(C)C(C)C(N)=NO. The number of carbonyl (C=O) groups excluding carboxylic acids is 1. The molecule has 88 valence electrons. The number of amides is 2. The molecule has 0 rings (SSSR count). The Morgan fingerprint density at radius 1 is 1.47 bits per heavy atom. The van der Waals surface area contributed by atoms with Crippen LogP contribution in [-0.2, 0) is 0 Å². The van der Waals surface area contributed by atoms with E-state index in [4.69, 9.17) is 10.9 Å². The second-order valence-corrected chi connectivity index (χ2v) is 3.27. The maximum atomic E-state index is 11.8. The lowest BCUT2D eigenvalue weighted by molar-refractivity contribution is 0.162. The minimum Gasteiger partial charge on any atom is -0.409 e. The van der Waals surface area contributed by atoms with Crippen molar-refractivity contribution in [2.24, 2.45) is 10.9 Å². The van der Waals surface area contributed by atoms with Gasteiger partial charge in [0.2, 0.25) is 0 Å². The largest absolute Gasteiger partial charge is 0.409 e. The summed E-state index contributed by atoms with van der Waals surface area (Å²) in [5.41, 5.74) is 5.43. The monoisotopic (exact) mass is 216 g/mol. The highest BCUT2D eigenvalue weighted by Gasteiger charge is 2.22. The Kier molecular flexibility index (Phi) is 5.51. The van der Waals surface area contributed by atoms with Gasteiger partial charge in [-0.05, 0) is 20.8 Å². The van der Waals surface area contributed by atoms with Crippen LogP contribution in [-0.4, -0.2) is 53.1 Å². The summed E-state index contributed by atoms with van der Waals surface area (Å²) in [6.07, 6.45) is 0. The van der Waals surface area contributed by atoms with Crippen LogP contribution in [0, 0.1) is 0 Å². The number of hydrogen-bond donors (Lipinski definition) is 2. The minimum atomic E-state index is -0.414. The van der Waals surface area contributed by atoms with E-state index >= 15 is 0 Å². The first-order chi connectivity index (χ1) is 6.99. The van der Waals surface area contributed by atoms with Gasteiger partial charge in [0.25, 0.3) is 0 Å². The molecular formula is C9H20N4O2. The van der Waals surface area contributed by atoms with Gasteiger partial charge in [0.05, 0.1) is 6.04 Å². The maximum absolute atomic E-state index is 11.8. The lowest BCUT2D eigenvalue weighted by atomic mass is 10.3. The number of rotatable bonds is 4. The summed E-state index contributed by atoms with van der Waals surface area (Å²) >= 11 is 0. The number of likely N-dealkylation sites (N-methyl/N-ethyl adjacent to an activating group) is 1. The highest BCUT2D eigenvalue weighted by molar-refractivity contribution is 5.89. The average molecular weight is 216 g/mol. The second-order valence-electron chi connectivity index (χ2n) is 3.27. The van der Waals surface area contributed by atoms with Gasteiger partial charge in [0, 0.05) is 20.1 Å². The quantitative estimate of drug-likeness (QED) is 0.311. The van der Waals surface area contributed by atoms with Crippen LogP contribution in [0.5, 0.6) is 0 Å². The predicted octanol–water partition coefficient (Wildman–Crippen LogP) is 0.515. The van der Waals surface area contributed by atoms with Gasteiger partial charge in [0.15, 0.2) is 5.84 Å². The summed E-state index contributed by atoms with van der Waals surface area (Å²) in [5, 5.41) is 11.4. The summed E-state index contributed by atoms with van der Waals surface area (Å²) < 4.78 is 0. The molecule has 0 spiro atoms. The molecule has 0 aromatic rings. The Balaban J connectivity index is 4.56. The molecule has 3 N–H and O–H groups in total. The Hall–Kier alpha value is -1.46. The van der Waals surface area contributed by atoms with Crippen LogP contribution < -0.4 is 5.73 Å². The Labute approximate surface area is 90.3 Å². The third kappa shape index (κ3) is 3.30.